The Hall–Kier alpha value is -2.06. The van der Waals surface area contributed by atoms with Crippen molar-refractivity contribution >= 4 is 12.2 Å². The molecule has 0 saturated carbocycles. The minimum absolute atomic E-state index is 0.217. The van der Waals surface area contributed by atoms with Crippen molar-refractivity contribution in [1.29, 1.82) is 0 Å². The molecule has 0 N–H and O–H groups in total. The van der Waals surface area contributed by atoms with Gasteiger partial charge in [-0.2, -0.15) is 0 Å². The largest absolute Gasteiger partial charge is 0.465 e. The van der Waals surface area contributed by atoms with Crippen molar-refractivity contribution in [1.82, 2.24) is 0 Å². The number of ether oxygens (including phenoxy) is 2. The van der Waals surface area contributed by atoms with Gasteiger partial charge in [-0.3, -0.25) is 0 Å². The topological polar surface area (TPSA) is 18.5 Å². The lowest BCUT2D eigenvalue weighted by molar-refractivity contribution is -0.0613. The molecule has 0 bridgehead atoms. The third-order valence-electron chi connectivity index (χ3n) is 2.85. The van der Waals surface area contributed by atoms with Gasteiger partial charge in [0, 0.05) is 6.61 Å². The van der Waals surface area contributed by atoms with E-state index in [1.807, 2.05) is 56.3 Å². The summed E-state index contributed by atoms with van der Waals surface area (Å²) in [6.07, 6.45) is 3.97. The smallest absolute Gasteiger partial charge is 0.196 e. The second-order valence-electron chi connectivity index (χ2n) is 4.45. The van der Waals surface area contributed by atoms with E-state index in [0.717, 1.165) is 11.3 Å². The second-order valence-corrected chi connectivity index (χ2v) is 4.45. The van der Waals surface area contributed by atoms with Gasteiger partial charge in [0.25, 0.3) is 0 Å². The molecule has 104 valence electrons. The Morgan fingerprint density at radius 1 is 0.900 bits per heavy atom. The zero-order valence-corrected chi connectivity index (χ0v) is 12.0. The van der Waals surface area contributed by atoms with Crippen molar-refractivity contribution in [2.45, 2.75) is 20.1 Å². The lowest BCUT2D eigenvalue weighted by Crippen LogP contribution is -2.15. The average molecular weight is 268 g/mol. The summed E-state index contributed by atoms with van der Waals surface area (Å²) >= 11 is 0. The van der Waals surface area contributed by atoms with Crippen LogP contribution in [0.15, 0.2) is 54.6 Å². The van der Waals surface area contributed by atoms with E-state index >= 15 is 0 Å². The Morgan fingerprint density at radius 2 is 1.50 bits per heavy atom. The van der Waals surface area contributed by atoms with Gasteiger partial charge in [-0.1, -0.05) is 54.6 Å². The van der Waals surface area contributed by atoms with E-state index < -0.39 is 0 Å². The Morgan fingerprint density at radius 3 is 2.10 bits per heavy atom. The first-order valence-electron chi connectivity index (χ1n) is 6.89. The van der Waals surface area contributed by atoms with E-state index in [1.54, 1.807) is 0 Å². The predicted molar refractivity (Wildman–Crippen MR) is 83.5 cm³/mol. The lowest BCUT2D eigenvalue weighted by atomic mass is 10.1. The van der Waals surface area contributed by atoms with Crippen molar-refractivity contribution in [2.75, 3.05) is 6.61 Å². The summed E-state index contributed by atoms with van der Waals surface area (Å²) in [5, 5.41) is 0. The van der Waals surface area contributed by atoms with Crippen LogP contribution in [0.25, 0.3) is 12.2 Å². The minimum Gasteiger partial charge on any atom is -0.465 e. The average Bonchev–Trinajstić information content (AvgIpc) is 2.48. The van der Waals surface area contributed by atoms with Gasteiger partial charge in [0.1, 0.15) is 5.75 Å². The lowest BCUT2D eigenvalue weighted by Gasteiger charge is -2.14. The van der Waals surface area contributed by atoms with Crippen LogP contribution in [-0.2, 0) is 4.74 Å². The first kappa shape index (κ1) is 14.4. The maximum Gasteiger partial charge on any atom is 0.196 e. The van der Waals surface area contributed by atoms with Gasteiger partial charge in [-0.05, 0) is 37.1 Å². The molecule has 2 nitrogen and oxygen atoms in total. The third-order valence-corrected chi connectivity index (χ3v) is 2.85. The van der Waals surface area contributed by atoms with E-state index in [-0.39, 0.29) is 6.29 Å². The van der Waals surface area contributed by atoms with Crippen molar-refractivity contribution in [3.05, 3.63) is 65.7 Å². The van der Waals surface area contributed by atoms with Gasteiger partial charge < -0.3 is 9.47 Å². The molecule has 0 fully saturated rings. The highest BCUT2D eigenvalue weighted by molar-refractivity contribution is 5.69. The number of benzene rings is 2. The zero-order chi connectivity index (χ0) is 14.2. The van der Waals surface area contributed by atoms with Gasteiger partial charge in [-0.15, -0.1) is 0 Å². The van der Waals surface area contributed by atoms with Crippen LogP contribution in [-0.4, -0.2) is 12.9 Å². The summed E-state index contributed by atoms with van der Waals surface area (Å²) in [6.45, 7) is 4.50. The van der Waals surface area contributed by atoms with Crippen LogP contribution in [0.4, 0.5) is 0 Å². The standard InChI is InChI=1S/C18H20O2/c1-3-19-15(2)20-18-13-11-17(12-14-18)10-9-16-7-5-4-6-8-16/h4-15H,3H2,1-2H3. The van der Waals surface area contributed by atoms with Gasteiger partial charge >= 0.3 is 0 Å². The molecule has 0 aliphatic carbocycles. The summed E-state index contributed by atoms with van der Waals surface area (Å²) in [4.78, 5) is 0. The number of hydrogen-bond donors (Lipinski definition) is 0. The van der Waals surface area contributed by atoms with Crippen LogP contribution in [0.3, 0.4) is 0 Å². The van der Waals surface area contributed by atoms with Crippen LogP contribution in [0.5, 0.6) is 5.75 Å². The number of rotatable bonds is 6. The first-order valence-corrected chi connectivity index (χ1v) is 6.89. The molecule has 0 saturated heterocycles. The molecule has 0 aromatic heterocycles. The highest BCUT2D eigenvalue weighted by Crippen LogP contribution is 2.16. The number of hydrogen-bond acceptors (Lipinski definition) is 2. The van der Waals surface area contributed by atoms with E-state index in [1.165, 1.54) is 5.56 Å². The van der Waals surface area contributed by atoms with Crippen LogP contribution < -0.4 is 4.74 Å². The molecule has 1 atom stereocenters. The van der Waals surface area contributed by atoms with Crippen LogP contribution in [0.1, 0.15) is 25.0 Å². The fraction of sp³-hybridized carbons (Fsp3) is 0.222. The summed E-state index contributed by atoms with van der Waals surface area (Å²) in [5.41, 5.74) is 2.34. The van der Waals surface area contributed by atoms with Crippen molar-refractivity contribution in [2.24, 2.45) is 0 Å². The fourth-order valence-electron chi connectivity index (χ4n) is 1.87. The van der Waals surface area contributed by atoms with Gasteiger partial charge in [0.05, 0.1) is 0 Å². The third kappa shape index (κ3) is 4.56. The normalized spacial score (nSPS) is 12.5. The van der Waals surface area contributed by atoms with Crippen LogP contribution in [0.2, 0.25) is 0 Å². The van der Waals surface area contributed by atoms with Crippen LogP contribution >= 0.6 is 0 Å². The van der Waals surface area contributed by atoms with Gasteiger partial charge in [0.15, 0.2) is 6.29 Å². The second kappa shape index (κ2) is 7.51. The SMILES string of the molecule is CCOC(C)Oc1ccc(C=Cc2ccccc2)cc1. The molecule has 2 heteroatoms. The molecule has 0 amide bonds. The van der Waals surface area contributed by atoms with Crippen molar-refractivity contribution in [3.63, 3.8) is 0 Å². The van der Waals surface area contributed by atoms with E-state index in [4.69, 9.17) is 9.47 Å². The Balaban J connectivity index is 1.96. The van der Waals surface area contributed by atoms with Gasteiger partial charge in [-0.25, -0.2) is 0 Å². The molecule has 20 heavy (non-hydrogen) atoms. The molecule has 0 spiro atoms. The van der Waals surface area contributed by atoms with E-state index in [9.17, 15) is 0 Å². The summed E-state index contributed by atoms with van der Waals surface area (Å²) < 4.78 is 11.0. The molecule has 0 heterocycles. The first-order chi connectivity index (χ1) is 9.78. The Kier molecular flexibility index (Phi) is 5.39. The predicted octanol–water partition coefficient (Wildman–Crippen LogP) is 4.62. The molecule has 1 unspecified atom stereocenters. The maximum absolute atomic E-state index is 5.63. The monoisotopic (exact) mass is 268 g/mol. The quantitative estimate of drug-likeness (QED) is 0.562. The van der Waals surface area contributed by atoms with Crippen molar-refractivity contribution < 1.29 is 9.47 Å². The zero-order valence-electron chi connectivity index (χ0n) is 12.0. The molecular formula is C18H20O2. The molecule has 2 rings (SSSR count). The van der Waals surface area contributed by atoms with Gasteiger partial charge in [0.2, 0.25) is 0 Å². The molecule has 0 aliphatic heterocycles. The van der Waals surface area contributed by atoms with E-state index in [2.05, 4.69) is 24.3 Å². The summed E-state index contributed by atoms with van der Waals surface area (Å²) in [5.74, 6) is 0.822. The fourth-order valence-corrected chi connectivity index (χ4v) is 1.87. The van der Waals surface area contributed by atoms with Crippen LogP contribution in [0, 0.1) is 0 Å². The van der Waals surface area contributed by atoms with E-state index in [0.29, 0.717) is 6.61 Å². The molecule has 2 aromatic rings. The Bertz CT molecular complexity index is 529. The molecule has 2 aromatic carbocycles. The Labute approximate surface area is 120 Å². The molecule has 0 radical (unpaired) electrons. The summed E-state index contributed by atoms with van der Waals surface area (Å²) in [7, 11) is 0. The van der Waals surface area contributed by atoms with Crippen molar-refractivity contribution in [3.8, 4) is 5.75 Å². The highest BCUT2D eigenvalue weighted by atomic mass is 16.7. The maximum atomic E-state index is 5.63. The summed E-state index contributed by atoms with van der Waals surface area (Å²) in [6, 6.07) is 18.2. The molecule has 0 aliphatic rings. The highest BCUT2D eigenvalue weighted by Gasteiger charge is 2.01. The molecular weight excluding hydrogens is 248 g/mol. The minimum atomic E-state index is -0.217.